The van der Waals surface area contributed by atoms with E-state index in [1.165, 1.54) is 12.1 Å². The summed E-state index contributed by atoms with van der Waals surface area (Å²) in [6.45, 7) is 8.01. The molecule has 2 aromatic carbocycles. The van der Waals surface area contributed by atoms with Crippen LogP contribution in [0.2, 0.25) is 0 Å². The summed E-state index contributed by atoms with van der Waals surface area (Å²) in [4.78, 5) is 24.8. The molecule has 1 aliphatic heterocycles. The van der Waals surface area contributed by atoms with Gasteiger partial charge in [-0.05, 0) is 29.2 Å². The number of amides is 3. The quantitative estimate of drug-likeness (QED) is 0.762. The molecule has 1 saturated heterocycles. The molecule has 27 heavy (non-hydrogen) atoms. The zero-order valence-electron chi connectivity index (χ0n) is 15.3. The fourth-order valence-corrected chi connectivity index (χ4v) is 3.13. The Morgan fingerprint density at radius 3 is 2.44 bits per heavy atom. The van der Waals surface area contributed by atoms with Crippen molar-refractivity contribution in [1.82, 2.24) is 10.6 Å². The van der Waals surface area contributed by atoms with Gasteiger partial charge >= 0.3 is 6.03 Å². The number of rotatable bonds is 4. The lowest BCUT2D eigenvalue weighted by Crippen LogP contribution is -2.51. The molecule has 3 N–H and O–H groups in total. The Morgan fingerprint density at radius 1 is 1.15 bits per heavy atom. The molecule has 0 unspecified atom stereocenters. The van der Waals surface area contributed by atoms with Gasteiger partial charge in [-0.2, -0.15) is 0 Å². The number of benzene rings is 2. The average molecular weight is 367 g/mol. The minimum Gasteiger partial charge on any atom is -0.330 e. The number of para-hydroxylation sites is 1. The van der Waals surface area contributed by atoms with Crippen LogP contribution in [0, 0.1) is 11.7 Å². The molecule has 1 fully saturated rings. The Kier molecular flexibility index (Phi) is 5.26. The van der Waals surface area contributed by atoms with E-state index in [9.17, 15) is 14.0 Å². The highest BCUT2D eigenvalue weighted by Gasteiger charge is 2.38. The van der Waals surface area contributed by atoms with Crippen molar-refractivity contribution in [3.8, 4) is 0 Å². The van der Waals surface area contributed by atoms with Crippen molar-refractivity contribution in [2.24, 2.45) is 5.92 Å². The number of hydrogen-bond acceptors (Lipinski definition) is 2. The molecule has 140 valence electrons. The normalized spacial score (nSPS) is 19.4. The molecular weight excluding hydrogens is 345 g/mol. The van der Waals surface area contributed by atoms with Gasteiger partial charge in [-0.3, -0.25) is 4.79 Å². The van der Waals surface area contributed by atoms with E-state index in [-0.39, 0.29) is 11.4 Å². The molecule has 0 aromatic heterocycles. The number of carbonyl (C=O) groups is 2. The van der Waals surface area contributed by atoms with E-state index in [0.717, 1.165) is 11.1 Å². The molecule has 0 saturated carbocycles. The van der Waals surface area contributed by atoms with Gasteiger partial charge in [0.15, 0.2) is 0 Å². The fraction of sp³-hybridized carbons (Fsp3) is 0.238. The van der Waals surface area contributed by atoms with E-state index in [0.29, 0.717) is 5.92 Å². The van der Waals surface area contributed by atoms with E-state index in [2.05, 4.69) is 36.4 Å². The maximum absolute atomic E-state index is 13.9. The van der Waals surface area contributed by atoms with Gasteiger partial charge in [0.1, 0.15) is 11.7 Å². The largest absolute Gasteiger partial charge is 0.330 e. The lowest BCUT2D eigenvalue weighted by molar-refractivity contribution is -0.119. The van der Waals surface area contributed by atoms with Gasteiger partial charge in [0, 0.05) is 5.70 Å². The second-order valence-electron chi connectivity index (χ2n) is 6.87. The summed E-state index contributed by atoms with van der Waals surface area (Å²) in [5, 5.41) is 7.91. The number of carbonyl (C=O) groups excluding carboxylic acids is 2. The summed E-state index contributed by atoms with van der Waals surface area (Å²) in [5.41, 5.74) is 2.29. The number of hydrogen-bond donors (Lipinski definition) is 3. The summed E-state index contributed by atoms with van der Waals surface area (Å²) in [5.74, 6) is -1.39. The predicted octanol–water partition coefficient (Wildman–Crippen LogP) is 4.07. The Bertz CT molecular complexity index is 877. The third-order valence-electron chi connectivity index (χ3n) is 4.65. The Morgan fingerprint density at radius 2 is 1.81 bits per heavy atom. The molecule has 0 radical (unpaired) electrons. The lowest BCUT2D eigenvalue weighted by atomic mass is 9.87. The molecule has 3 rings (SSSR count). The van der Waals surface area contributed by atoms with Crippen LogP contribution in [0.25, 0.3) is 0 Å². The third-order valence-corrected chi connectivity index (χ3v) is 4.65. The van der Waals surface area contributed by atoms with Crippen LogP contribution in [0.3, 0.4) is 0 Å². The summed E-state index contributed by atoms with van der Waals surface area (Å²) in [7, 11) is 0. The molecule has 5 nitrogen and oxygen atoms in total. The van der Waals surface area contributed by atoms with Crippen molar-refractivity contribution in [3.05, 3.63) is 77.8 Å². The van der Waals surface area contributed by atoms with Crippen LogP contribution in [-0.4, -0.2) is 11.9 Å². The first kappa shape index (κ1) is 18.6. The molecule has 0 spiro atoms. The Hall–Kier alpha value is -3.15. The van der Waals surface area contributed by atoms with E-state index in [4.69, 9.17) is 0 Å². The average Bonchev–Trinajstić information content (AvgIpc) is 2.63. The van der Waals surface area contributed by atoms with Gasteiger partial charge in [0.05, 0.1) is 11.7 Å². The number of urea groups is 1. The molecule has 1 aliphatic rings. The highest BCUT2D eigenvalue weighted by Crippen LogP contribution is 2.31. The van der Waals surface area contributed by atoms with E-state index in [1.54, 1.807) is 12.1 Å². The Labute approximate surface area is 157 Å². The van der Waals surface area contributed by atoms with Crippen molar-refractivity contribution in [2.75, 3.05) is 5.32 Å². The first-order chi connectivity index (χ1) is 12.9. The SMILES string of the molecule is C=C1NC(=O)N[C@@H](c2ccc(C(C)C)cc2)[C@@H]1C(=O)Nc1ccccc1F. The number of halogens is 1. The second kappa shape index (κ2) is 7.61. The van der Waals surface area contributed by atoms with Crippen LogP contribution in [-0.2, 0) is 4.79 Å². The summed E-state index contributed by atoms with van der Waals surface area (Å²) < 4.78 is 13.9. The van der Waals surface area contributed by atoms with Crippen LogP contribution < -0.4 is 16.0 Å². The maximum atomic E-state index is 13.9. The monoisotopic (exact) mass is 367 g/mol. The first-order valence-corrected chi connectivity index (χ1v) is 8.78. The van der Waals surface area contributed by atoms with Crippen LogP contribution in [0.4, 0.5) is 14.9 Å². The van der Waals surface area contributed by atoms with E-state index < -0.39 is 29.7 Å². The second-order valence-corrected chi connectivity index (χ2v) is 6.87. The molecule has 2 atom stereocenters. The van der Waals surface area contributed by atoms with Gasteiger partial charge in [-0.25, -0.2) is 9.18 Å². The summed E-state index contributed by atoms with van der Waals surface area (Å²) >= 11 is 0. The van der Waals surface area contributed by atoms with E-state index >= 15 is 0 Å². The van der Waals surface area contributed by atoms with Crippen molar-refractivity contribution < 1.29 is 14.0 Å². The van der Waals surface area contributed by atoms with Gasteiger partial charge in [-0.1, -0.05) is 56.8 Å². The molecular formula is C21H22FN3O2. The number of anilines is 1. The minimum atomic E-state index is -0.785. The summed E-state index contributed by atoms with van der Waals surface area (Å²) in [6.07, 6.45) is 0. The maximum Gasteiger partial charge on any atom is 0.319 e. The van der Waals surface area contributed by atoms with Crippen LogP contribution in [0.1, 0.15) is 36.9 Å². The molecule has 1 heterocycles. The van der Waals surface area contributed by atoms with Crippen molar-refractivity contribution >= 4 is 17.6 Å². The molecule has 0 bridgehead atoms. The predicted molar refractivity (Wildman–Crippen MR) is 103 cm³/mol. The molecule has 3 amide bonds. The van der Waals surface area contributed by atoms with Crippen molar-refractivity contribution in [1.29, 1.82) is 0 Å². The highest BCUT2D eigenvalue weighted by atomic mass is 19.1. The Balaban J connectivity index is 1.89. The molecule has 2 aromatic rings. The third kappa shape index (κ3) is 4.00. The van der Waals surface area contributed by atoms with Gasteiger partial charge in [0.25, 0.3) is 0 Å². The molecule has 0 aliphatic carbocycles. The van der Waals surface area contributed by atoms with Gasteiger partial charge in [0.2, 0.25) is 5.91 Å². The van der Waals surface area contributed by atoms with Crippen LogP contribution >= 0.6 is 0 Å². The summed E-state index contributed by atoms with van der Waals surface area (Å²) in [6, 6.07) is 12.6. The van der Waals surface area contributed by atoms with Crippen molar-refractivity contribution in [2.45, 2.75) is 25.8 Å². The van der Waals surface area contributed by atoms with Crippen LogP contribution in [0.5, 0.6) is 0 Å². The molecule has 6 heteroatoms. The topological polar surface area (TPSA) is 70.2 Å². The fourth-order valence-electron chi connectivity index (χ4n) is 3.13. The zero-order chi connectivity index (χ0) is 19.6. The minimum absolute atomic E-state index is 0.0844. The zero-order valence-corrected chi connectivity index (χ0v) is 15.3. The first-order valence-electron chi connectivity index (χ1n) is 8.78. The smallest absolute Gasteiger partial charge is 0.319 e. The van der Waals surface area contributed by atoms with Crippen LogP contribution in [0.15, 0.2) is 60.8 Å². The van der Waals surface area contributed by atoms with Gasteiger partial charge < -0.3 is 16.0 Å². The van der Waals surface area contributed by atoms with Crippen molar-refractivity contribution in [3.63, 3.8) is 0 Å². The van der Waals surface area contributed by atoms with Gasteiger partial charge in [-0.15, -0.1) is 0 Å². The number of nitrogens with one attached hydrogen (secondary N) is 3. The standard InChI is InChI=1S/C21H22FN3O2/c1-12(2)14-8-10-15(11-9-14)19-18(13(3)23-21(27)25-19)20(26)24-17-7-5-4-6-16(17)22/h4-12,18-19H,3H2,1-2H3,(H,24,26)(H2,23,25,27)/t18-,19+/m1/s1. The highest BCUT2D eigenvalue weighted by molar-refractivity contribution is 5.97. The van der Waals surface area contributed by atoms with E-state index in [1.807, 2.05) is 24.3 Å². The lowest BCUT2D eigenvalue weighted by Gasteiger charge is -2.34.